The fourth-order valence-corrected chi connectivity index (χ4v) is 3.80. The summed E-state index contributed by atoms with van der Waals surface area (Å²) in [4.78, 5) is 16.7. The zero-order chi connectivity index (χ0) is 19.4. The van der Waals surface area contributed by atoms with Crippen molar-refractivity contribution in [3.63, 3.8) is 0 Å². The summed E-state index contributed by atoms with van der Waals surface area (Å²) in [6.45, 7) is 3.49. The molecule has 1 saturated heterocycles. The van der Waals surface area contributed by atoms with Crippen LogP contribution in [0.3, 0.4) is 0 Å². The van der Waals surface area contributed by atoms with Crippen LogP contribution >= 0.6 is 11.6 Å². The van der Waals surface area contributed by atoms with Crippen LogP contribution in [0.5, 0.6) is 0 Å². The van der Waals surface area contributed by atoms with Gasteiger partial charge in [0.15, 0.2) is 0 Å². The van der Waals surface area contributed by atoms with Crippen molar-refractivity contribution >= 4 is 23.2 Å². The first kappa shape index (κ1) is 20.2. The number of piperazine rings is 1. The fraction of sp³-hybridized carbons (Fsp3) is 0.526. The van der Waals surface area contributed by atoms with Gasteiger partial charge < -0.3 is 5.32 Å². The van der Waals surface area contributed by atoms with Gasteiger partial charge in [-0.2, -0.15) is 13.2 Å². The van der Waals surface area contributed by atoms with Crippen molar-refractivity contribution in [1.29, 1.82) is 0 Å². The number of carbonyl (C=O) groups is 1. The van der Waals surface area contributed by atoms with Gasteiger partial charge in [0.1, 0.15) is 0 Å². The monoisotopic (exact) mass is 401 g/mol. The van der Waals surface area contributed by atoms with Crippen LogP contribution in [-0.4, -0.2) is 54.5 Å². The summed E-state index contributed by atoms with van der Waals surface area (Å²) in [5.74, 6) is -0.323. The normalized spacial score (nSPS) is 22.0. The quantitative estimate of drug-likeness (QED) is 0.774. The maximum absolute atomic E-state index is 12.9. The van der Waals surface area contributed by atoms with Crippen molar-refractivity contribution in [2.45, 2.75) is 31.5 Å². The molecule has 0 radical (unpaired) electrons. The highest BCUT2D eigenvalue weighted by Crippen LogP contribution is 2.36. The molecular weight excluding hydrogens is 379 g/mol. The molecule has 1 aliphatic carbocycles. The third kappa shape index (κ3) is 5.46. The lowest BCUT2D eigenvalue weighted by Gasteiger charge is -2.38. The van der Waals surface area contributed by atoms with Crippen molar-refractivity contribution in [3.8, 4) is 0 Å². The molecule has 1 aromatic carbocycles. The minimum atomic E-state index is -4.55. The molecule has 0 saturated carbocycles. The Kier molecular flexibility index (Phi) is 6.44. The zero-order valence-electron chi connectivity index (χ0n) is 14.9. The average Bonchev–Trinajstić information content (AvgIpc) is 2.64. The number of allylic oxidation sites excluding steroid dienone is 1. The topological polar surface area (TPSA) is 35.6 Å². The Labute approximate surface area is 162 Å². The van der Waals surface area contributed by atoms with E-state index in [1.165, 1.54) is 18.9 Å². The fourth-order valence-electron chi connectivity index (χ4n) is 3.58. The first-order valence-electron chi connectivity index (χ1n) is 9.12. The summed E-state index contributed by atoms with van der Waals surface area (Å²) < 4.78 is 38.7. The molecule has 1 unspecified atom stereocenters. The lowest BCUT2D eigenvalue weighted by Crippen LogP contribution is -2.51. The molecule has 1 aliphatic heterocycles. The Hall–Kier alpha value is -1.57. The second-order valence-corrected chi connectivity index (χ2v) is 7.39. The van der Waals surface area contributed by atoms with E-state index in [0.717, 1.165) is 44.7 Å². The number of nitrogens with one attached hydrogen (secondary N) is 1. The van der Waals surface area contributed by atoms with Gasteiger partial charge in [-0.1, -0.05) is 23.8 Å². The standard InChI is InChI=1S/C19H23ClF3N3O/c20-17-7-6-14(12-16(17)19(21,22)23)24-18(27)13-25-8-10-26(11-9-25)15-4-2-1-3-5-15/h2,4,6-7,12,15H,1,3,5,8-11,13H2,(H,24,27). The van der Waals surface area contributed by atoms with E-state index in [9.17, 15) is 18.0 Å². The molecule has 1 aromatic rings. The highest BCUT2D eigenvalue weighted by atomic mass is 35.5. The Morgan fingerprint density at radius 3 is 2.59 bits per heavy atom. The van der Waals surface area contributed by atoms with Crippen molar-refractivity contribution in [2.75, 3.05) is 38.0 Å². The van der Waals surface area contributed by atoms with Gasteiger partial charge in [-0.05, 0) is 37.5 Å². The zero-order valence-corrected chi connectivity index (χ0v) is 15.7. The lowest BCUT2D eigenvalue weighted by molar-refractivity contribution is -0.137. The van der Waals surface area contributed by atoms with E-state index in [4.69, 9.17) is 11.6 Å². The molecule has 0 spiro atoms. The van der Waals surface area contributed by atoms with Crippen LogP contribution in [-0.2, 0) is 11.0 Å². The summed E-state index contributed by atoms with van der Waals surface area (Å²) >= 11 is 5.60. The molecule has 0 bridgehead atoms. The van der Waals surface area contributed by atoms with Crippen molar-refractivity contribution < 1.29 is 18.0 Å². The molecule has 4 nitrogen and oxygen atoms in total. The molecule has 8 heteroatoms. The van der Waals surface area contributed by atoms with Crippen LogP contribution in [0.1, 0.15) is 24.8 Å². The third-order valence-electron chi connectivity index (χ3n) is 5.03. The molecule has 3 rings (SSSR count). The van der Waals surface area contributed by atoms with Crippen LogP contribution in [0.25, 0.3) is 0 Å². The molecular formula is C19H23ClF3N3O. The highest BCUT2D eigenvalue weighted by molar-refractivity contribution is 6.31. The maximum Gasteiger partial charge on any atom is 0.417 e. The second-order valence-electron chi connectivity index (χ2n) is 6.98. The van der Waals surface area contributed by atoms with Crippen LogP contribution in [0.4, 0.5) is 18.9 Å². The van der Waals surface area contributed by atoms with Crippen LogP contribution in [0.2, 0.25) is 5.02 Å². The van der Waals surface area contributed by atoms with Gasteiger partial charge >= 0.3 is 6.18 Å². The molecule has 1 fully saturated rings. The first-order chi connectivity index (χ1) is 12.8. The molecule has 1 amide bonds. The number of rotatable bonds is 4. The summed E-state index contributed by atoms with van der Waals surface area (Å²) in [6, 6.07) is 3.89. The van der Waals surface area contributed by atoms with Crippen LogP contribution in [0.15, 0.2) is 30.4 Å². The van der Waals surface area contributed by atoms with Gasteiger partial charge in [-0.3, -0.25) is 14.6 Å². The summed E-state index contributed by atoms with van der Waals surface area (Å²) in [5.41, 5.74) is -0.848. The van der Waals surface area contributed by atoms with E-state index in [-0.39, 0.29) is 23.2 Å². The van der Waals surface area contributed by atoms with Crippen LogP contribution in [0, 0.1) is 0 Å². The number of benzene rings is 1. The highest BCUT2D eigenvalue weighted by Gasteiger charge is 2.33. The molecule has 2 aliphatic rings. The molecule has 0 aromatic heterocycles. The van der Waals surface area contributed by atoms with Gasteiger partial charge in [-0.15, -0.1) is 0 Å². The number of amides is 1. The van der Waals surface area contributed by atoms with E-state index in [1.54, 1.807) is 0 Å². The summed E-state index contributed by atoms with van der Waals surface area (Å²) in [7, 11) is 0. The van der Waals surface area contributed by atoms with Gasteiger partial charge in [-0.25, -0.2) is 0 Å². The van der Waals surface area contributed by atoms with Gasteiger partial charge in [0.25, 0.3) is 0 Å². The molecule has 27 heavy (non-hydrogen) atoms. The van der Waals surface area contributed by atoms with Gasteiger partial charge in [0.2, 0.25) is 5.91 Å². The van der Waals surface area contributed by atoms with Crippen molar-refractivity contribution in [1.82, 2.24) is 9.80 Å². The Morgan fingerprint density at radius 2 is 1.96 bits per heavy atom. The summed E-state index contributed by atoms with van der Waals surface area (Å²) in [5, 5.41) is 2.16. The first-order valence-corrected chi connectivity index (χ1v) is 9.50. The summed E-state index contributed by atoms with van der Waals surface area (Å²) in [6.07, 6.45) is 3.49. The maximum atomic E-state index is 12.9. The van der Waals surface area contributed by atoms with Gasteiger partial charge in [0.05, 0.1) is 17.1 Å². The van der Waals surface area contributed by atoms with Crippen LogP contribution < -0.4 is 5.32 Å². The number of carbonyl (C=O) groups excluding carboxylic acids is 1. The molecule has 1 heterocycles. The number of hydrogen-bond acceptors (Lipinski definition) is 3. The molecule has 148 valence electrons. The van der Waals surface area contributed by atoms with E-state index in [1.807, 2.05) is 4.90 Å². The Bertz CT molecular complexity index is 700. The number of halogens is 4. The molecule has 1 atom stereocenters. The third-order valence-corrected chi connectivity index (χ3v) is 5.36. The predicted octanol–water partition coefficient (Wildman–Crippen LogP) is 4.02. The average molecular weight is 402 g/mol. The number of anilines is 1. The number of alkyl halides is 3. The number of nitrogens with zero attached hydrogens (tertiary/aromatic N) is 2. The molecule has 1 N–H and O–H groups in total. The van der Waals surface area contributed by atoms with Crippen molar-refractivity contribution in [2.24, 2.45) is 0 Å². The van der Waals surface area contributed by atoms with E-state index in [2.05, 4.69) is 22.4 Å². The Morgan fingerprint density at radius 1 is 1.22 bits per heavy atom. The SMILES string of the molecule is O=C(CN1CCN(C2C=CCCC2)CC1)Nc1ccc(Cl)c(C(F)(F)F)c1. The van der Waals surface area contributed by atoms with Gasteiger partial charge in [0, 0.05) is 37.9 Å². The second kappa shape index (κ2) is 8.63. The van der Waals surface area contributed by atoms with E-state index >= 15 is 0 Å². The lowest BCUT2D eigenvalue weighted by atomic mass is 10.0. The number of hydrogen-bond donors (Lipinski definition) is 1. The van der Waals surface area contributed by atoms with E-state index < -0.39 is 11.7 Å². The Balaban J connectivity index is 1.50. The smallest absolute Gasteiger partial charge is 0.325 e. The minimum absolute atomic E-state index is 0.0997. The minimum Gasteiger partial charge on any atom is -0.325 e. The largest absolute Gasteiger partial charge is 0.417 e. The predicted molar refractivity (Wildman–Crippen MR) is 99.9 cm³/mol. The van der Waals surface area contributed by atoms with Crippen molar-refractivity contribution in [3.05, 3.63) is 40.9 Å². The van der Waals surface area contributed by atoms with E-state index in [0.29, 0.717) is 6.04 Å².